The highest BCUT2D eigenvalue weighted by Gasteiger charge is 2.19. The smallest absolute Gasteiger partial charge is 0.113 e. The molecule has 1 aromatic carbocycles. The molecule has 1 unspecified atom stereocenters. The second-order valence-corrected chi connectivity index (χ2v) is 5.45. The first-order valence-corrected chi connectivity index (χ1v) is 7.34. The fraction of sp³-hybridized carbons (Fsp3) is 0.467. The number of benzene rings is 1. The van der Waals surface area contributed by atoms with E-state index in [1.807, 2.05) is 0 Å². The van der Waals surface area contributed by atoms with Crippen LogP contribution in [0.2, 0.25) is 0 Å². The molecule has 0 saturated heterocycles. The topological polar surface area (TPSA) is 21.3 Å². The van der Waals surface area contributed by atoms with E-state index in [0.717, 1.165) is 36.2 Å². The fourth-order valence-electron chi connectivity index (χ4n) is 2.21. The van der Waals surface area contributed by atoms with Gasteiger partial charge in [0.2, 0.25) is 0 Å². The van der Waals surface area contributed by atoms with E-state index in [0.29, 0.717) is 0 Å². The van der Waals surface area contributed by atoms with Crippen LogP contribution in [0, 0.1) is 6.92 Å². The van der Waals surface area contributed by atoms with Crippen molar-refractivity contribution in [3.05, 3.63) is 45.6 Å². The van der Waals surface area contributed by atoms with E-state index >= 15 is 0 Å². The van der Waals surface area contributed by atoms with Crippen molar-refractivity contribution in [3.8, 4) is 0 Å². The number of nitrogens with one attached hydrogen (secondary N) is 1. The van der Waals surface area contributed by atoms with Crippen LogP contribution < -0.4 is 5.32 Å². The first-order chi connectivity index (χ1) is 8.72. The molecule has 0 amide bonds. The Morgan fingerprint density at radius 3 is 2.89 bits per heavy atom. The molecule has 0 saturated carbocycles. The Morgan fingerprint density at radius 1 is 1.44 bits per heavy atom. The highest BCUT2D eigenvalue weighted by Crippen LogP contribution is 2.28. The summed E-state index contributed by atoms with van der Waals surface area (Å²) in [6.45, 7) is 6.01. The van der Waals surface area contributed by atoms with Crippen molar-refractivity contribution >= 4 is 15.9 Å². The zero-order chi connectivity index (χ0) is 13.0. The molecule has 2 rings (SSSR count). The second kappa shape index (κ2) is 6.39. The number of likely N-dealkylation sites (N-methyl/N-ethyl adjacent to an activating group) is 1. The monoisotopic (exact) mass is 309 g/mol. The van der Waals surface area contributed by atoms with Gasteiger partial charge in [-0.1, -0.05) is 35.0 Å². The normalized spacial score (nSPS) is 16.9. The van der Waals surface area contributed by atoms with Crippen molar-refractivity contribution in [2.45, 2.75) is 32.7 Å². The number of aryl methyl sites for hydroxylation is 1. The average Bonchev–Trinajstić information content (AvgIpc) is 2.40. The largest absolute Gasteiger partial charge is 0.496 e. The number of hydrogen-bond acceptors (Lipinski definition) is 2. The molecule has 0 spiro atoms. The lowest BCUT2D eigenvalue weighted by atomic mass is 10.0. The molecule has 98 valence electrons. The number of ether oxygens (including phenoxy) is 1. The Labute approximate surface area is 118 Å². The van der Waals surface area contributed by atoms with Gasteiger partial charge in [-0.2, -0.15) is 0 Å². The van der Waals surface area contributed by atoms with E-state index in [1.165, 1.54) is 11.1 Å². The molecule has 2 nitrogen and oxygen atoms in total. The summed E-state index contributed by atoms with van der Waals surface area (Å²) in [4.78, 5) is 0. The van der Waals surface area contributed by atoms with E-state index in [1.54, 1.807) is 0 Å². The van der Waals surface area contributed by atoms with E-state index in [4.69, 9.17) is 4.74 Å². The van der Waals surface area contributed by atoms with Crippen LogP contribution in [-0.4, -0.2) is 13.2 Å². The van der Waals surface area contributed by atoms with Crippen molar-refractivity contribution in [1.29, 1.82) is 0 Å². The molecule has 0 fully saturated rings. The summed E-state index contributed by atoms with van der Waals surface area (Å²) >= 11 is 3.55. The molecule has 3 heteroatoms. The van der Waals surface area contributed by atoms with Crippen molar-refractivity contribution in [2.24, 2.45) is 0 Å². The lowest BCUT2D eigenvalue weighted by Gasteiger charge is -2.25. The number of halogens is 1. The lowest BCUT2D eigenvalue weighted by Crippen LogP contribution is -2.25. The van der Waals surface area contributed by atoms with Gasteiger partial charge in [-0.25, -0.2) is 0 Å². The van der Waals surface area contributed by atoms with E-state index in [2.05, 4.69) is 59.4 Å². The first kappa shape index (κ1) is 13.6. The maximum atomic E-state index is 5.80. The molecule has 1 atom stereocenters. The van der Waals surface area contributed by atoms with Crippen LogP contribution >= 0.6 is 15.9 Å². The predicted octanol–water partition coefficient (Wildman–Crippen LogP) is 4.10. The molecule has 1 aliphatic rings. The van der Waals surface area contributed by atoms with Gasteiger partial charge in [0, 0.05) is 4.47 Å². The molecular formula is C15H20BrNO. The maximum Gasteiger partial charge on any atom is 0.113 e. The molecule has 1 heterocycles. The minimum Gasteiger partial charge on any atom is -0.496 e. The Morgan fingerprint density at radius 2 is 2.28 bits per heavy atom. The highest BCUT2D eigenvalue weighted by molar-refractivity contribution is 9.10. The predicted molar refractivity (Wildman–Crippen MR) is 78.6 cm³/mol. The summed E-state index contributed by atoms with van der Waals surface area (Å²) in [6.07, 6.45) is 4.46. The summed E-state index contributed by atoms with van der Waals surface area (Å²) in [5, 5.41) is 3.51. The number of hydrogen-bond donors (Lipinski definition) is 1. The van der Waals surface area contributed by atoms with E-state index in [-0.39, 0.29) is 6.04 Å². The van der Waals surface area contributed by atoms with Gasteiger partial charge in [0.1, 0.15) is 5.76 Å². The van der Waals surface area contributed by atoms with Crippen molar-refractivity contribution < 1.29 is 4.74 Å². The van der Waals surface area contributed by atoms with E-state index < -0.39 is 0 Å². The lowest BCUT2D eigenvalue weighted by molar-refractivity contribution is 0.168. The first-order valence-electron chi connectivity index (χ1n) is 6.54. The summed E-state index contributed by atoms with van der Waals surface area (Å²) in [6, 6.07) is 6.67. The van der Waals surface area contributed by atoms with Crippen molar-refractivity contribution in [1.82, 2.24) is 5.32 Å². The van der Waals surface area contributed by atoms with Gasteiger partial charge >= 0.3 is 0 Å². The molecular weight excluding hydrogens is 290 g/mol. The molecule has 0 aromatic heterocycles. The molecule has 1 aliphatic heterocycles. The molecule has 18 heavy (non-hydrogen) atoms. The van der Waals surface area contributed by atoms with E-state index in [9.17, 15) is 0 Å². The summed E-state index contributed by atoms with van der Waals surface area (Å²) in [7, 11) is 0. The third kappa shape index (κ3) is 3.15. The summed E-state index contributed by atoms with van der Waals surface area (Å²) in [5.74, 6) is 1.07. The number of allylic oxidation sites excluding steroid dienone is 1. The van der Waals surface area contributed by atoms with Crippen LogP contribution in [0.1, 0.15) is 36.9 Å². The Hall–Kier alpha value is -0.800. The van der Waals surface area contributed by atoms with Gasteiger partial charge in [0.15, 0.2) is 0 Å². The van der Waals surface area contributed by atoms with Crippen molar-refractivity contribution in [3.63, 3.8) is 0 Å². The summed E-state index contributed by atoms with van der Waals surface area (Å²) in [5.41, 5.74) is 2.53. The standard InChI is InChI=1S/C15H20BrNO/c1-3-17-15(14-6-4-5-9-18-14)12-7-8-13(16)11(2)10-12/h6-8,10,15,17H,3-5,9H2,1-2H3. The third-order valence-corrected chi connectivity index (χ3v) is 4.06. The van der Waals surface area contributed by atoms with Gasteiger partial charge in [-0.15, -0.1) is 0 Å². The zero-order valence-corrected chi connectivity index (χ0v) is 12.6. The van der Waals surface area contributed by atoms with Gasteiger partial charge in [0.05, 0.1) is 12.6 Å². The molecule has 1 N–H and O–H groups in total. The third-order valence-electron chi connectivity index (χ3n) is 3.17. The molecule has 0 bridgehead atoms. The highest BCUT2D eigenvalue weighted by atomic mass is 79.9. The summed E-state index contributed by atoms with van der Waals surface area (Å²) < 4.78 is 6.96. The van der Waals surface area contributed by atoms with Crippen LogP contribution in [0.4, 0.5) is 0 Å². The van der Waals surface area contributed by atoms with Gasteiger partial charge < -0.3 is 10.1 Å². The van der Waals surface area contributed by atoms with Crippen LogP contribution in [0.5, 0.6) is 0 Å². The second-order valence-electron chi connectivity index (χ2n) is 4.60. The maximum absolute atomic E-state index is 5.80. The Balaban J connectivity index is 2.28. The molecule has 0 radical (unpaired) electrons. The van der Waals surface area contributed by atoms with Crippen LogP contribution in [0.25, 0.3) is 0 Å². The van der Waals surface area contributed by atoms with Crippen LogP contribution in [0.3, 0.4) is 0 Å². The minimum absolute atomic E-state index is 0.182. The molecule has 1 aromatic rings. The van der Waals surface area contributed by atoms with Gasteiger partial charge in [-0.3, -0.25) is 0 Å². The average molecular weight is 310 g/mol. The number of rotatable bonds is 4. The SMILES string of the molecule is CCNC(C1=CCCCO1)c1ccc(Br)c(C)c1. The van der Waals surface area contributed by atoms with Crippen LogP contribution in [0.15, 0.2) is 34.5 Å². The quantitative estimate of drug-likeness (QED) is 0.904. The zero-order valence-electron chi connectivity index (χ0n) is 11.0. The Kier molecular flexibility index (Phi) is 4.84. The van der Waals surface area contributed by atoms with Gasteiger partial charge in [0.25, 0.3) is 0 Å². The minimum atomic E-state index is 0.182. The Bertz CT molecular complexity index is 442. The van der Waals surface area contributed by atoms with Gasteiger partial charge in [-0.05, 0) is 49.6 Å². The molecule has 0 aliphatic carbocycles. The van der Waals surface area contributed by atoms with Crippen molar-refractivity contribution in [2.75, 3.05) is 13.2 Å². The van der Waals surface area contributed by atoms with Crippen LogP contribution in [-0.2, 0) is 4.74 Å². The fourth-order valence-corrected chi connectivity index (χ4v) is 2.46.